The first-order chi connectivity index (χ1) is 14.0. The molecule has 3 fully saturated rings. The molecule has 154 valence electrons. The number of nitrogens with one attached hydrogen (secondary N) is 2. The van der Waals surface area contributed by atoms with Crippen molar-refractivity contribution in [1.29, 1.82) is 0 Å². The molecule has 3 amide bonds. The van der Waals surface area contributed by atoms with E-state index in [4.69, 9.17) is 0 Å². The Morgan fingerprint density at radius 1 is 1.03 bits per heavy atom. The Labute approximate surface area is 171 Å². The van der Waals surface area contributed by atoms with Crippen LogP contribution in [0.5, 0.6) is 0 Å². The van der Waals surface area contributed by atoms with Crippen molar-refractivity contribution in [3.05, 3.63) is 34.4 Å². The first-order valence-corrected chi connectivity index (χ1v) is 11.0. The number of amides is 3. The molecule has 2 saturated carbocycles. The number of carbonyl (C=O) groups excluding carboxylic acids is 3. The first kappa shape index (κ1) is 18.6. The normalized spacial score (nSPS) is 24.2. The summed E-state index contributed by atoms with van der Waals surface area (Å²) in [4.78, 5) is 39.9. The van der Waals surface area contributed by atoms with Gasteiger partial charge >= 0.3 is 11.8 Å². The molecular formula is C23H29N3O3. The Hall–Kier alpha value is -2.37. The predicted octanol–water partition coefficient (Wildman–Crippen LogP) is 2.02. The average molecular weight is 396 g/mol. The van der Waals surface area contributed by atoms with Crippen LogP contribution >= 0.6 is 0 Å². The van der Waals surface area contributed by atoms with Crippen LogP contribution in [0.3, 0.4) is 0 Å². The minimum atomic E-state index is -0.488. The summed E-state index contributed by atoms with van der Waals surface area (Å²) >= 11 is 0. The van der Waals surface area contributed by atoms with E-state index in [9.17, 15) is 14.4 Å². The van der Waals surface area contributed by atoms with E-state index >= 15 is 0 Å². The zero-order chi connectivity index (χ0) is 20.2. The van der Waals surface area contributed by atoms with Gasteiger partial charge in [-0.1, -0.05) is 6.07 Å². The fraction of sp³-hybridized carbons (Fsp3) is 0.609. The number of fused-ring (bicyclic) bond motifs is 1. The summed E-state index contributed by atoms with van der Waals surface area (Å²) in [5.41, 5.74) is 4.21. The number of likely N-dealkylation sites (tertiary alicyclic amines) is 1. The second-order valence-electron chi connectivity index (χ2n) is 9.26. The van der Waals surface area contributed by atoms with E-state index in [0.29, 0.717) is 6.54 Å². The molecule has 0 bridgehead atoms. The van der Waals surface area contributed by atoms with E-state index in [1.807, 2.05) is 12.1 Å². The van der Waals surface area contributed by atoms with Crippen molar-refractivity contribution in [3.63, 3.8) is 0 Å². The number of hydrogen-bond acceptors (Lipinski definition) is 3. The fourth-order valence-corrected chi connectivity index (χ4v) is 5.26. The summed E-state index contributed by atoms with van der Waals surface area (Å²) in [6.45, 7) is 2.71. The van der Waals surface area contributed by atoms with Crippen LogP contribution in [0.15, 0.2) is 12.1 Å². The van der Waals surface area contributed by atoms with Crippen molar-refractivity contribution >= 4 is 17.7 Å². The van der Waals surface area contributed by atoms with Gasteiger partial charge in [-0.05, 0) is 87.5 Å². The molecule has 1 heterocycles. The molecule has 0 aromatic heterocycles. The monoisotopic (exact) mass is 395 g/mol. The van der Waals surface area contributed by atoms with Gasteiger partial charge in [-0.2, -0.15) is 0 Å². The van der Waals surface area contributed by atoms with Crippen LogP contribution in [0, 0.1) is 6.92 Å². The SMILES string of the molecule is Cc1ccc(C(=O)NC2(C3CCCN3C(=O)C(=O)NC3CC3)CC2)c2c1CCC2. The summed E-state index contributed by atoms with van der Waals surface area (Å²) in [7, 11) is 0. The van der Waals surface area contributed by atoms with Crippen LogP contribution in [0.1, 0.15) is 72.0 Å². The molecule has 1 aromatic rings. The first-order valence-electron chi connectivity index (χ1n) is 11.0. The third-order valence-electron chi connectivity index (χ3n) is 7.17. The molecule has 6 heteroatoms. The summed E-state index contributed by atoms with van der Waals surface area (Å²) in [6, 6.07) is 4.09. The number of hydrogen-bond donors (Lipinski definition) is 2. The number of rotatable bonds is 4. The molecule has 0 radical (unpaired) electrons. The zero-order valence-corrected chi connectivity index (χ0v) is 17.1. The van der Waals surface area contributed by atoms with Crippen LogP contribution in [-0.4, -0.2) is 46.8 Å². The van der Waals surface area contributed by atoms with Gasteiger partial charge in [0, 0.05) is 18.2 Å². The molecule has 4 aliphatic rings. The molecule has 3 aliphatic carbocycles. The van der Waals surface area contributed by atoms with Crippen LogP contribution < -0.4 is 10.6 Å². The molecule has 5 rings (SSSR count). The molecule has 1 saturated heterocycles. The lowest BCUT2D eigenvalue weighted by molar-refractivity contribution is -0.147. The Bertz CT molecular complexity index is 886. The number of benzene rings is 1. The summed E-state index contributed by atoms with van der Waals surface area (Å²) in [5.74, 6) is -0.948. The van der Waals surface area contributed by atoms with Crippen molar-refractivity contribution in [2.45, 2.75) is 82.3 Å². The third kappa shape index (κ3) is 3.32. The highest BCUT2D eigenvalue weighted by atomic mass is 16.2. The maximum absolute atomic E-state index is 13.2. The highest BCUT2D eigenvalue weighted by molar-refractivity contribution is 6.35. The quantitative estimate of drug-likeness (QED) is 0.766. The third-order valence-corrected chi connectivity index (χ3v) is 7.17. The van der Waals surface area contributed by atoms with Gasteiger partial charge in [0.1, 0.15) is 0 Å². The van der Waals surface area contributed by atoms with Crippen LogP contribution in [-0.2, 0) is 22.4 Å². The van der Waals surface area contributed by atoms with Gasteiger partial charge in [-0.3, -0.25) is 14.4 Å². The molecule has 1 unspecified atom stereocenters. The van der Waals surface area contributed by atoms with E-state index < -0.39 is 11.8 Å². The van der Waals surface area contributed by atoms with E-state index in [2.05, 4.69) is 17.6 Å². The van der Waals surface area contributed by atoms with Crippen LogP contribution in [0.2, 0.25) is 0 Å². The Morgan fingerprint density at radius 2 is 1.79 bits per heavy atom. The second kappa shape index (κ2) is 6.85. The van der Waals surface area contributed by atoms with Crippen LogP contribution in [0.4, 0.5) is 0 Å². The van der Waals surface area contributed by atoms with Crippen molar-refractivity contribution in [3.8, 4) is 0 Å². The zero-order valence-electron chi connectivity index (χ0n) is 17.1. The van der Waals surface area contributed by atoms with Gasteiger partial charge < -0.3 is 15.5 Å². The minimum Gasteiger partial charge on any atom is -0.345 e. The van der Waals surface area contributed by atoms with Gasteiger partial charge in [0.05, 0.1) is 11.6 Å². The standard InChI is InChI=1S/C23H29N3O3/c1-14-7-10-18(17-5-2-4-16(14)17)20(27)25-23(11-12-23)19-6-3-13-26(19)22(29)21(28)24-15-8-9-15/h7,10,15,19H,2-6,8-9,11-13H2,1H3,(H,24,28)(H,25,27). The lowest BCUT2D eigenvalue weighted by Crippen LogP contribution is -2.55. The maximum atomic E-state index is 13.2. The highest BCUT2D eigenvalue weighted by Crippen LogP contribution is 2.45. The molecule has 1 aromatic carbocycles. The van der Waals surface area contributed by atoms with E-state index in [1.54, 1.807) is 4.90 Å². The van der Waals surface area contributed by atoms with Crippen LogP contribution in [0.25, 0.3) is 0 Å². The molecule has 29 heavy (non-hydrogen) atoms. The highest BCUT2D eigenvalue weighted by Gasteiger charge is 2.55. The maximum Gasteiger partial charge on any atom is 0.312 e. The summed E-state index contributed by atoms with van der Waals surface area (Å²) in [6.07, 6.45) is 8.49. The Kier molecular flexibility index (Phi) is 4.41. The lowest BCUT2D eigenvalue weighted by Gasteiger charge is -2.32. The van der Waals surface area contributed by atoms with E-state index in [0.717, 1.165) is 63.4 Å². The van der Waals surface area contributed by atoms with E-state index in [1.165, 1.54) is 16.7 Å². The number of carbonyl (C=O) groups is 3. The predicted molar refractivity (Wildman–Crippen MR) is 109 cm³/mol. The van der Waals surface area contributed by atoms with Gasteiger partial charge in [0.2, 0.25) is 0 Å². The molecule has 2 N–H and O–H groups in total. The lowest BCUT2D eigenvalue weighted by atomic mass is 9.97. The molecule has 1 atom stereocenters. The number of nitrogens with zero attached hydrogens (tertiary/aromatic N) is 1. The van der Waals surface area contributed by atoms with Gasteiger partial charge in [0.25, 0.3) is 5.91 Å². The van der Waals surface area contributed by atoms with Gasteiger partial charge in [0.15, 0.2) is 0 Å². The summed E-state index contributed by atoms with van der Waals surface area (Å²) in [5, 5.41) is 6.09. The number of aryl methyl sites for hydroxylation is 1. The van der Waals surface area contributed by atoms with Gasteiger partial charge in [-0.25, -0.2) is 0 Å². The molecule has 1 aliphatic heterocycles. The minimum absolute atomic E-state index is 0.0256. The van der Waals surface area contributed by atoms with Crippen molar-refractivity contribution in [1.82, 2.24) is 15.5 Å². The Balaban J connectivity index is 1.32. The van der Waals surface area contributed by atoms with Crippen molar-refractivity contribution in [2.75, 3.05) is 6.54 Å². The second-order valence-corrected chi connectivity index (χ2v) is 9.26. The molecular weight excluding hydrogens is 366 g/mol. The Morgan fingerprint density at radius 3 is 2.52 bits per heavy atom. The van der Waals surface area contributed by atoms with Crippen molar-refractivity contribution in [2.24, 2.45) is 0 Å². The van der Waals surface area contributed by atoms with E-state index in [-0.39, 0.29) is 23.5 Å². The topological polar surface area (TPSA) is 78.5 Å². The smallest absolute Gasteiger partial charge is 0.312 e. The largest absolute Gasteiger partial charge is 0.345 e. The van der Waals surface area contributed by atoms with Crippen molar-refractivity contribution < 1.29 is 14.4 Å². The fourth-order valence-electron chi connectivity index (χ4n) is 5.26. The summed E-state index contributed by atoms with van der Waals surface area (Å²) < 4.78 is 0. The van der Waals surface area contributed by atoms with Gasteiger partial charge in [-0.15, -0.1) is 0 Å². The average Bonchev–Trinajstić information content (AvgIpc) is 3.56. The molecule has 6 nitrogen and oxygen atoms in total. The molecule has 0 spiro atoms.